The van der Waals surface area contributed by atoms with E-state index in [-0.39, 0.29) is 25.1 Å². The normalized spacial score (nSPS) is 12.3. The molecule has 0 unspecified atom stereocenters. The van der Waals surface area contributed by atoms with E-state index in [4.69, 9.17) is 9.84 Å². The Hall–Kier alpha value is -1.31. The molecule has 0 amide bonds. The Labute approximate surface area is 129 Å². The Morgan fingerprint density at radius 3 is 2.64 bits per heavy atom. The molecule has 1 aromatic heterocycles. The molecule has 2 aromatic rings. The molecule has 0 radical (unpaired) electrons. The Balaban J connectivity index is 2.22. The molecule has 7 heteroatoms. The zero-order valence-electron chi connectivity index (χ0n) is 13.2. The van der Waals surface area contributed by atoms with Gasteiger partial charge in [0.2, 0.25) is 0 Å². The van der Waals surface area contributed by atoms with Crippen molar-refractivity contribution in [2.24, 2.45) is 0 Å². The van der Waals surface area contributed by atoms with Gasteiger partial charge >= 0.3 is 0 Å². The molecule has 0 aliphatic carbocycles. The highest BCUT2D eigenvalue weighted by atomic mass is 28.3. The first-order valence-electron chi connectivity index (χ1n) is 7.35. The lowest BCUT2D eigenvalue weighted by molar-refractivity contribution is 0.0813. The van der Waals surface area contributed by atoms with Crippen LogP contribution in [0.15, 0.2) is 12.1 Å². The van der Waals surface area contributed by atoms with Crippen molar-refractivity contribution in [3.8, 4) is 0 Å². The highest BCUT2D eigenvalue weighted by molar-refractivity contribution is 6.76. The maximum Gasteiger partial charge on any atom is 0.140 e. The van der Waals surface area contributed by atoms with Crippen LogP contribution in [-0.4, -0.2) is 36.2 Å². The first kappa shape index (κ1) is 17.0. The van der Waals surface area contributed by atoms with Crippen LogP contribution in [0.4, 0.5) is 8.78 Å². The Morgan fingerprint density at radius 1 is 1.27 bits per heavy atom. The van der Waals surface area contributed by atoms with Crippen molar-refractivity contribution >= 4 is 19.0 Å². The fourth-order valence-corrected chi connectivity index (χ4v) is 2.96. The minimum Gasteiger partial charge on any atom is -0.396 e. The van der Waals surface area contributed by atoms with E-state index in [1.807, 2.05) is 0 Å². The van der Waals surface area contributed by atoms with Crippen LogP contribution < -0.4 is 0 Å². The quantitative estimate of drug-likeness (QED) is 0.627. The third kappa shape index (κ3) is 4.12. The summed E-state index contributed by atoms with van der Waals surface area (Å²) in [5, 5.41) is 13.6. The lowest BCUT2D eigenvalue weighted by Crippen LogP contribution is -2.22. The molecule has 0 saturated carbocycles. The molecule has 1 heterocycles. The summed E-state index contributed by atoms with van der Waals surface area (Å²) < 4.78 is 34.5. The number of aliphatic hydroxyl groups is 1. The van der Waals surface area contributed by atoms with Gasteiger partial charge < -0.3 is 9.84 Å². The SMILES string of the molecule is C[Si](C)(C)CCOCn1nc(CCO)c2c(F)cc(F)cc21. The van der Waals surface area contributed by atoms with Gasteiger partial charge in [-0.05, 0) is 6.04 Å². The van der Waals surface area contributed by atoms with Crippen LogP contribution in [0, 0.1) is 11.6 Å². The zero-order valence-corrected chi connectivity index (χ0v) is 14.2. The fourth-order valence-electron chi connectivity index (χ4n) is 2.21. The van der Waals surface area contributed by atoms with E-state index in [1.165, 1.54) is 10.7 Å². The van der Waals surface area contributed by atoms with Crippen LogP contribution in [0.3, 0.4) is 0 Å². The third-order valence-electron chi connectivity index (χ3n) is 3.40. The standard InChI is InChI=1S/C15H22F2N2O2Si/c1-22(2,3)7-6-21-10-19-14-9-11(16)8-12(17)15(14)13(18-19)4-5-20/h8-9,20H,4-7,10H2,1-3H3. The van der Waals surface area contributed by atoms with Crippen molar-refractivity contribution in [1.29, 1.82) is 0 Å². The number of rotatable bonds is 7. The highest BCUT2D eigenvalue weighted by Crippen LogP contribution is 2.24. The Morgan fingerprint density at radius 2 is 2.00 bits per heavy atom. The van der Waals surface area contributed by atoms with Gasteiger partial charge in [0.25, 0.3) is 0 Å². The van der Waals surface area contributed by atoms with Crippen LogP contribution in [0.5, 0.6) is 0 Å². The maximum absolute atomic E-state index is 14.0. The van der Waals surface area contributed by atoms with Crippen LogP contribution in [0.25, 0.3) is 10.9 Å². The molecule has 1 N–H and O–H groups in total. The van der Waals surface area contributed by atoms with Crippen molar-refractivity contribution in [1.82, 2.24) is 9.78 Å². The number of hydrogen-bond donors (Lipinski definition) is 1. The van der Waals surface area contributed by atoms with Gasteiger partial charge in [0.1, 0.15) is 18.4 Å². The summed E-state index contributed by atoms with van der Waals surface area (Å²) in [6.07, 6.45) is 0.223. The third-order valence-corrected chi connectivity index (χ3v) is 5.10. The molecular formula is C15H22F2N2O2Si. The van der Waals surface area contributed by atoms with Crippen LogP contribution >= 0.6 is 0 Å². The summed E-state index contributed by atoms with van der Waals surface area (Å²) in [6, 6.07) is 3.09. The predicted molar refractivity (Wildman–Crippen MR) is 84.5 cm³/mol. The highest BCUT2D eigenvalue weighted by Gasteiger charge is 2.17. The Bertz CT molecular complexity index is 653. The van der Waals surface area contributed by atoms with Crippen molar-refractivity contribution in [2.75, 3.05) is 13.2 Å². The molecule has 0 aliphatic rings. The summed E-state index contributed by atoms with van der Waals surface area (Å²) in [5.74, 6) is -1.31. The number of fused-ring (bicyclic) bond motifs is 1. The number of ether oxygens (including phenoxy) is 1. The second kappa shape index (κ2) is 6.85. The van der Waals surface area contributed by atoms with Gasteiger partial charge in [-0.1, -0.05) is 19.6 Å². The molecule has 0 aliphatic heterocycles. The number of hydrogen-bond acceptors (Lipinski definition) is 3. The van der Waals surface area contributed by atoms with E-state index in [2.05, 4.69) is 24.7 Å². The molecule has 0 atom stereocenters. The summed E-state index contributed by atoms with van der Waals surface area (Å²) in [7, 11) is -1.18. The largest absolute Gasteiger partial charge is 0.396 e. The number of aliphatic hydroxyl groups excluding tert-OH is 1. The molecule has 122 valence electrons. The first-order valence-corrected chi connectivity index (χ1v) is 11.1. The van der Waals surface area contributed by atoms with Gasteiger partial charge in [-0.25, -0.2) is 13.5 Å². The van der Waals surface area contributed by atoms with Crippen molar-refractivity contribution in [2.45, 2.75) is 38.8 Å². The van der Waals surface area contributed by atoms with E-state index in [1.54, 1.807) is 0 Å². The van der Waals surface area contributed by atoms with E-state index < -0.39 is 19.7 Å². The number of halogens is 2. The van der Waals surface area contributed by atoms with Crippen LogP contribution in [0.2, 0.25) is 25.7 Å². The Kier molecular flexibility index (Phi) is 5.31. The molecule has 1 aromatic carbocycles. The van der Waals surface area contributed by atoms with Crippen LogP contribution in [-0.2, 0) is 17.9 Å². The van der Waals surface area contributed by atoms with Gasteiger partial charge in [0.15, 0.2) is 0 Å². The van der Waals surface area contributed by atoms with Crippen molar-refractivity contribution in [3.05, 3.63) is 29.5 Å². The molecule has 0 bridgehead atoms. The van der Waals surface area contributed by atoms with E-state index in [9.17, 15) is 8.78 Å². The van der Waals surface area contributed by atoms with Crippen molar-refractivity contribution < 1.29 is 18.6 Å². The summed E-state index contributed by atoms with van der Waals surface area (Å²) in [6.45, 7) is 7.37. The fraction of sp³-hybridized carbons (Fsp3) is 0.533. The molecule has 22 heavy (non-hydrogen) atoms. The van der Waals surface area contributed by atoms with E-state index >= 15 is 0 Å². The van der Waals surface area contributed by atoms with Gasteiger partial charge in [0.05, 0.1) is 16.6 Å². The minimum absolute atomic E-state index is 0.139. The lowest BCUT2D eigenvalue weighted by Gasteiger charge is -2.15. The molecule has 2 rings (SSSR count). The summed E-state index contributed by atoms with van der Waals surface area (Å²) in [4.78, 5) is 0. The molecular weight excluding hydrogens is 306 g/mol. The van der Waals surface area contributed by atoms with Gasteiger partial charge in [-0.15, -0.1) is 0 Å². The average Bonchev–Trinajstić information content (AvgIpc) is 2.72. The van der Waals surface area contributed by atoms with Gasteiger partial charge in [0, 0.05) is 39.8 Å². The molecule has 4 nitrogen and oxygen atoms in total. The first-order chi connectivity index (χ1) is 10.3. The van der Waals surface area contributed by atoms with Gasteiger partial charge in [-0.2, -0.15) is 5.10 Å². The van der Waals surface area contributed by atoms with Crippen LogP contribution in [0.1, 0.15) is 5.69 Å². The monoisotopic (exact) mass is 328 g/mol. The predicted octanol–water partition coefficient (Wildman–Crippen LogP) is 3.16. The molecule has 0 fully saturated rings. The van der Waals surface area contributed by atoms with Gasteiger partial charge in [-0.3, -0.25) is 0 Å². The second-order valence-corrected chi connectivity index (χ2v) is 12.2. The summed E-state index contributed by atoms with van der Waals surface area (Å²) in [5.41, 5.74) is 0.776. The number of benzene rings is 1. The minimum atomic E-state index is -1.18. The lowest BCUT2D eigenvalue weighted by atomic mass is 10.1. The average molecular weight is 328 g/mol. The molecule has 0 saturated heterocycles. The van der Waals surface area contributed by atoms with E-state index in [0.717, 1.165) is 12.1 Å². The molecule has 0 spiro atoms. The topological polar surface area (TPSA) is 47.3 Å². The number of nitrogens with zero attached hydrogens (tertiary/aromatic N) is 2. The van der Waals surface area contributed by atoms with Crippen molar-refractivity contribution in [3.63, 3.8) is 0 Å². The maximum atomic E-state index is 14.0. The smallest absolute Gasteiger partial charge is 0.140 e. The zero-order chi connectivity index (χ0) is 16.3. The van der Waals surface area contributed by atoms with E-state index in [0.29, 0.717) is 17.8 Å². The second-order valence-electron chi connectivity index (χ2n) is 6.55. The number of aromatic nitrogens is 2. The summed E-state index contributed by atoms with van der Waals surface area (Å²) >= 11 is 0.